The zero-order chi connectivity index (χ0) is 13.2. The molecule has 18 heavy (non-hydrogen) atoms. The lowest BCUT2D eigenvalue weighted by Gasteiger charge is -2.40. The minimum Gasteiger partial charge on any atom is -0.388 e. The second kappa shape index (κ2) is 5.88. The zero-order valence-electron chi connectivity index (χ0n) is 10.0. The number of ether oxygens (including phenoxy) is 1. The van der Waals surface area contributed by atoms with E-state index in [9.17, 15) is 5.11 Å². The molecule has 2 rings (SSSR count). The van der Waals surface area contributed by atoms with Crippen molar-refractivity contribution < 1.29 is 9.84 Å². The summed E-state index contributed by atoms with van der Waals surface area (Å²) in [5, 5.41) is 11.3. The molecule has 0 spiro atoms. The molecule has 1 aromatic carbocycles. The van der Waals surface area contributed by atoms with Gasteiger partial charge in [0.05, 0.1) is 6.10 Å². The van der Waals surface area contributed by atoms with Crippen molar-refractivity contribution in [2.75, 3.05) is 19.8 Å². The highest BCUT2D eigenvalue weighted by Gasteiger charge is 2.39. The van der Waals surface area contributed by atoms with Crippen molar-refractivity contribution in [2.45, 2.75) is 18.9 Å². The first kappa shape index (κ1) is 14.3. The highest BCUT2D eigenvalue weighted by Crippen LogP contribution is 2.43. The van der Waals surface area contributed by atoms with E-state index in [1.54, 1.807) is 12.1 Å². The van der Waals surface area contributed by atoms with Crippen LogP contribution in [-0.4, -0.2) is 24.9 Å². The van der Waals surface area contributed by atoms with E-state index in [1.807, 2.05) is 6.07 Å². The Kier molecular flexibility index (Phi) is 4.67. The first-order chi connectivity index (χ1) is 8.59. The van der Waals surface area contributed by atoms with E-state index in [0.29, 0.717) is 24.8 Å². The third kappa shape index (κ3) is 2.73. The van der Waals surface area contributed by atoms with Crippen molar-refractivity contribution in [2.24, 2.45) is 11.1 Å². The van der Waals surface area contributed by atoms with Gasteiger partial charge in [-0.1, -0.05) is 33.6 Å². The Morgan fingerprint density at radius 3 is 2.67 bits per heavy atom. The van der Waals surface area contributed by atoms with Gasteiger partial charge in [0.25, 0.3) is 0 Å². The highest BCUT2D eigenvalue weighted by molar-refractivity contribution is 9.10. The fraction of sp³-hybridized carbons (Fsp3) is 0.538. The summed E-state index contributed by atoms with van der Waals surface area (Å²) in [6, 6.07) is 5.43. The van der Waals surface area contributed by atoms with E-state index < -0.39 is 6.10 Å². The van der Waals surface area contributed by atoms with Gasteiger partial charge in [0.15, 0.2) is 0 Å². The minimum absolute atomic E-state index is 0.297. The zero-order valence-corrected chi connectivity index (χ0v) is 12.4. The number of aliphatic hydroxyl groups excluding tert-OH is 1. The molecule has 0 aliphatic carbocycles. The molecule has 1 aliphatic heterocycles. The third-order valence-corrected chi connectivity index (χ3v) is 4.65. The van der Waals surface area contributed by atoms with Gasteiger partial charge in [-0.05, 0) is 30.5 Å². The van der Waals surface area contributed by atoms with Crippen molar-refractivity contribution in [1.29, 1.82) is 0 Å². The van der Waals surface area contributed by atoms with Gasteiger partial charge in [0, 0.05) is 34.7 Å². The topological polar surface area (TPSA) is 55.5 Å². The van der Waals surface area contributed by atoms with Crippen LogP contribution in [0.3, 0.4) is 0 Å². The maximum absolute atomic E-state index is 10.7. The van der Waals surface area contributed by atoms with Crippen molar-refractivity contribution in [3.63, 3.8) is 0 Å². The number of halogens is 2. The van der Waals surface area contributed by atoms with E-state index in [4.69, 9.17) is 22.1 Å². The van der Waals surface area contributed by atoms with Gasteiger partial charge >= 0.3 is 0 Å². The van der Waals surface area contributed by atoms with Crippen LogP contribution in [0.5, 0.6) is 0 Å². The van der Waals surface area contributed by atoms with Gasteiger partial charge in [0.2, 0.25) is 0 Å². The average Bonchev–Trinajstić information content (AvgIpc) is 2.39. The van der Waals surface area contributed by atoms with Crippen molar-refractivity contribution >= 4 is 27.5 Å². The fourth-order valence-corrected chi connectivity index (χ4v) is 3.32. The SMILES string of the molecule is NCC1(C(O)c2ccc(Cl)cc2Br)CCOCC1. The third-order valence-electron chi connectivity index (χ3n) is 3.73. The van der Waals surface area contributed by atoms with E-state index in [0.717, 1.165) is 22.9 Å². The van der Waals surface area contributed by atoms with Crippen LogP contribution in [0.25, 0.3) is 0 Å². The van der Waals surface area contributed by atoms with Gasteiger partial charge in [-0.2, -0.15) is 0 Å². The minimum atomic E-state index is -0.599. The summed E-state index contributed by atoms with van der Waals surface area (Å²) in [5.74, 6) is 0. The number of benzene rings is 1. The van der Waals surface area contributed by atoms with Gasteiger partial charge in [-0.15, -0.1) is 0 Å². The Hall–Kier alpha value is -0.130. The molecule has 1 fully saturated rings. The van der Waals surface area contributed by atoms with Crippen LogP contribution in [-0.2, 0) is 4.74 Å². The maximum Gasteiger partial charge on any atom is 0.0870 e. The molecule has 1 unspecified atom stereocenters. The monoisotopic (exact) mass is 333 g/mol. The Bertz CT molecular complexity index is 421. The van der Waals surface area contributed by atoms with Crippen LogP contribution in [0.15, 0.2) is 22.7 Å². The molecule has 0 aromatic heterocycles. The van der Waals surface area contributed by atoms with Crippen molar-refractivity contribution in [1.82, 2.24) is 0 Å². The lowest BCUT2D eigenvalue weighted by Crippen LogP contribution is -2.41. The van der Waals surface area contributed by atoms with Crippen molar-refractivity contribution in [3.8, 4) is 0 Å². The highest BCUT2D eigenvalue weighted by atomic mass is 79.9. The summed E-state index contributed by atoms with van der Waals surface area (Å²) in [5.41, 5.74) is 6.44. The predicted octanol–water partition coefficient (Wildman–Crippen LogP) is 2.89. The summed E-state index contributed by atoms with van der Waals surface area (Å²) in [6.45, 7) is 1.76. The van der Waals surface area contributed by atoms with E-state index in [-0.39, 0.29) is 5.41 Å². The van der Waals surface area contributed by atoms with E-state index in [2.05, 4.69) is 15.9 Å². The summed E-state index contributed by atoms with van der Waals surface area (Å²) in [6.07, 6.45) is 0.956. The molecule has 3 N–H and O–H groups in total. The van der Waals surface area contributed by atoms with Crippen LogP contribution in [0.2, 0.25) is 5.02 Å². The van der Waals surface area contributed by atoms with Crippen LogP contribution in [0.4, 0.5) is 0 Å². The van der Waals surface area contributed by atoms with E-state index in [1.165, 1.54) is 0 Å². The largest absolute Gasteiger partial charge is 0.388 e. The number of hydrogen-bond donors (Lipinski definition) is 2. The number of nitrogens with two attached hydrogens (primary N) is 1. The first-order valence-corrected chi connectivity index (χ1v) is 7.17. The molecule has 0 saturated carbocycles. The van der Waals surface area contributed by atoms with Gasteiger partial charge in [-0.3, -0.25) is 0 Å². The molecule has 1 heterocycles. The summed E-state index contributed by atoms with van der Waals surface area (Å²) in [7, 11) is 0. The Morgan fingerprint density at radius 1 is 1.44 bits per heavy atom. The van der Waals surface area contributed by atoms with E-state index >= 15 is 0 Å². The lowest BCUT2D eigenvalue weighted by atomic mass is 9.73. The molecule has 3 nitrogen and oxygen atoms in total. The molecule has 1 saturated heterocycles. The Morgan fingerprint density at radius 2 is 2.11 bits per heavy atom. The molecule has 0 radical (unpaired) electrons. The second-order valence-electron chi connectivity index (χ2n) is 4.75. The molecule has 5 heteroatoms. The molecular weight excluding hydrogens is 318 g/mol. The molecule has 0 bridgehead atoms. The van der Waals surface area contributed by atoms with Crippen LogP contribution >= 0.6 is 27.5 Å². The maximum atomic E-state index is 10.7. The number of rotatable bonds is 3. The molecule has 1 aliphatic rings. The van der Waals surface area contributed by atoms with Gasteiger partial charge < -0.3 is 15.6 Å². The first-order valence-electron chi connectivity index (χ1n) is 6.00. The average molecular weight is 335 g/mol. The Labute approximate surface area is 120 Å². The van der Waals surface area contributed by atoms with Gasteiger partial charge in [0.1, 0.15) is 0 Å². The Balaban J connectivity index is 2.30. The van der Waals surface area contributed by atoms with Crippen LogP contribution in [0.1, 0.15) is 24.5 Å². The summed E-state index contributed by atoms with van der Waals surface area (Å²) < 4.78 is 6.18. The van der Waals surface area contributed by atoms with Crippen LogP contribution < -0.4 is 5.73 Å². The quantitative estimate of drug-likeness (QED) is 0.893. The lowest BCUT2D eigenvalue weighted by molar-refractivity contribution is -0.0584. The molecule has 0 amide bonds. The summed E-state index contributed by atoms with van der Waals surface area (Å²) in [4.78, 5) is 0. The molecule has 1 atom stereocenters. The molecule has 100 valence electrons. The van der Waals surface area contributed by atoms with Crippen LogP contribution in [0, 0.1) is 5.41 Å². The molecule has 1 aromatic rings. The van der Waals surface area contributed by atoms with Crippen molar-refractivity contribution in [3.05, 3.63) is 33.3 Å². The fourth-order valence-electron chi connectivity index (χ4n) is 2.42. The standard InChI is InChI=1S/C13H17BrClNO2/c14-11-7-9(15)1-2-10(11)12(17)13(8-16)3-5-18-6-4-13/h1-2,7,12,17H,3-6,8,16H2. The summed E-state index contributed by atoms with van der Waals surface area (Å²) >= 11 is 9.37. The predicted molar refractivity (Wildman–Crippen MR) is 75.7 cm³/mol. The molecular formula is C13H17BrClNO2. The number of aliphatic hydroxyl groups is 1. The smallest absolute Gasteiger partial charge is 0.0870 e. The number of hydrogen-bond acceptors (Lipinski definition) is 3. The normalized spacial score (nSPS) is 20.7. The second-order valence-corrected chi connectivity index (χ2v) is 6.04. The van der Waals surface area contributed by atoms with Gasteiger partial charge in [-0.25, -0.2) is 0 Å².